The van der Waals surface area contributed by atoms with Crippen LogP contribution in [0.5, 0.6) is 0 Å². The number of hydrogen-bond donors (Lipinski definition) is 2. The van der Waals surface area contributed by atoms with E-state index >= 15 is 0 Å². The maximum atomic E-state index is 11.0. The van der Waals surface area contributed by atoms with Crippen LogP contribution in [-0.2, 0) is 11.2 Å². The molecule has 0 saturated heterocycles. The van der Waals surface area contributed by atoms with Crippen molar-refractivity contribution < 1.29 is 9.90 Å². The minimum atomic E-state index is -0.778. The maximum absolute atomic E-state index is 11.0. The number of carboxylic acids is 1. The third-order valence-electron chi connectivity index (χ3n) is 2.72. The van der Waals surface area contributed by atoms with E-state index in [4.69, 9.17) is 16.7 Å². The van der Waals surface area contributed by atoms with Gasteiger partial charge in [0.15, 0.2) is 0 Å². The molecule has 0 saturated carbocycles. The number of nitrogens with one attached hydrogen (secondary N) is 1. The first-order chi connectivity index (χ1) is 8.49. The zero-order chi connectivity index (χ0) is 13.5. The summed E-state index contributed by atoms with van der Waals surface area (Å²) in [5, 5.41) is 12.9. The number of benzene rings is 1. The second-order valence-corrected chi connectivity index (χ2v) is 5.29. The van der Waals surface area contributed by atoms with Crippen LogP contribution in [0.15, 0.2) is 24.3 Å². The van der Waals surface area contributed by atoms with Crippen molar-refractivity contribution in [3.63, 3.8) is 0 Å². The average Bonchev–Trinajstić information content (AvgIpc) is 2.29. The molecule has 0 aliphatic carbocycles. The Morgan fingerprint density at radius 2 is 1.94 bits per heavy atom. The number of carboxylic acid groups (broad SMARTS) is 1. The quantitative estimate of drug-likeness (QED) is 0.800. The third kappa shape index (κ3) is 5.52. The molecule has 0 spiro atoms. The molecule has 0 radical (unpaired) electrons. The third-order valence-corrected chi connectivity index (χ3v) is 2.97. The number of halogens is 1. The summed E-state index contributed by atoms with van der Waals surface area (Å²) in [6.07, 6.45) is 1.45. The van der Waals surface area contributed by atoms with Crippen molar-refractivity contribution in [3.8, 4) is 0 Å². The summed E-state index contributed by atoms with van der Waals surface area (Å²) in [5.41, 5.74) is 1.15. The normalized spacial score (nSPS) is 12.7. The fraction of sp³-hybridized carbons (Fsp3) is 0.500. The van der Waals surface area contributed by atoms with Gasteiger partial charge in [0.2, 0.25) is 0 Å². The molecular formula is C14H20ClNO2. The van der Waals surface area contributed by atoms with Crippen molar-refractivity contribution in [1.82, 2.24) is 5.32 Å². The van der Waals surface area contributed by atoms with Crippen molar-refractivity contribution in [2.45, 2.75) is 32.7 Å². The zero-order valence-electron chi connectivity index (χ0n) is 10.8. The van der Waals surface area contributed by atoms with Gasteiger partial charge < -0.3 is 10.4 Å². The first-order valence-electron chi connectivity index (χ1n) is 6.19. The molecule has 1 rings (SSSR count). The summed E-state index contributed by atoms with van der Waals surface area (Å²) in [7, 11) is 0. The van der Waals surface area contributed by atoms with Crippen LogP contribution in [-0.4, -0.2) is 23.7 Å². The fourth-order valence-electron chi connectivity index (χ4n) is 1.78. The largest absolute Gasteiger partial charge is 0.480 e. The second kappa shape index (κ2) is 7.39. The molecule has 100 valence electrons. The molecule has 0 amide bonds. The van der Waals surface area contributed by atoms with E-state index in [9.17, 15) is 4.79 Å². The monoisotopic (exact) mass is 269 g/mol. The van der Waals surface area contributed by atoms with Gasteiger partial charge in [-0.15, -0.1) is 0 Å². The van der Waals surface area contributed by atoms with Gasteiger partial charge in [0.05, 0.1) is 0 Å². The smallest absolute Gasteiger partial charge is 0.320 e. The van der Waals surface area contributed by atoms with Gasteiger partial charge in [-0.1, -0.05) is 37.6 Å². The van der Waals surface area contributed by atoms with Gasteiger partial charge in [0, 0.05) is 5.02 Å². The van der Waals surface area contributed by atoms with Gasteiger partial charge >= 0.3 is 5.97 Å². The van der Waals surface area contributed by atoms with Crippen LogP contribution in [0, 0.1) is 5.92 Å². The number of rotatable bonds is 7. The highest BCUT2D eigenvalue weighted by Gasteiger charge is 2.17. The summed E-state index contributed by atoms with van der Waals surface area (Å²) in [4.78, 5) is 11.0. The molecule has 4 heteroatoms. The van der Waals surface area contributed by atoms with Crippen LogP contribution >= 0.6 is 11.6 Å². The molecular weight excluding hydrogens is 250 g/mol. The molecule has 0 fully saturated rings. The van der Waals surface area contributed by atoms with Crippen LogP contribution in [0.1, 0.15) is 25.8 Å². The van der Waals surface area contributed by atoms with Crippen LogP contribution in [0.4, 0.5) is 0 Å². The summed E-state index contributed by atoms with van der Waals surface area (Å²) < 4.78 is 0. The van der Waals surface area contributed by atoms with Gasteiger partial charge in [-0.3, -0.25) is 4.79 Å². The SMILES string of the molecule is CC(C)C[C@H](NCCc1ccc(Cl)cc1)C(=O)O. The second-order valence-electron chi connectivity index (χ2n) is 4.85. The van der Waals surface area contributed by atoms with Crippen molar-refractivity contribution in [2.75, 3.05) is 6.54 Å². The van der Waals surface area contributed by atoms with E-state index in [0.29, 0.717) is 18.9 Å². The van der Waals surface area contributed by atoms with Crippen molar-refractivity contribution in [1.29, 1.82) is 0 Å². The molecule has 0 aromatic heterocycles. The molecule has 0 aliphatic heterocycles. The Balaban J connectivity index is 2.38. The predicted octanol–water partition coefficient (Wildman–Crippen LogP) is 2.97. The van der Waals surface area contributed by atoms with Gasteiger partial charge in [0.1, 0.15) is 6.04 Å². The minimum absolute atomic E-state index is 0.370. The van der Waals surface area contributed by atoms with Crippen LogP contribution in [0.2, 0.25) is 5.02 Å². The van der Waals surface area contributed by atoms with Crippen LogP contribution in [0.3, 0.4) is 0 Å². The van der Waals surface area contributed by atoms with E-state index in [0.717, 1.165) is 17.0 Å². The van der Waals surface area contributed by atoms with Gasteiger partial charge in [-0.2, -0.15) is 0 Å². The molecule has 0 unspecified atom stereocenters. The molecule has 0 heterocycles. The molecule has 1 aromatic rings. The number of aliphatic carboxylic acids is 1. The predicted molar refractivity (Wildman–Crippen MR) is 74.0 cm³/mol. The molecule has 1 aromatic carbocycles. The Morgan fingerprint density at radius 1 is 1.33 bits per heavy atom. The topological polar surface area (TPSA) is 49.3 Å². The Bertz CT molecular complexity index is 376. The van der Waals surface area contributed by atoms with Crippen molar-refractivity contribution in [3.05, 3.63) is 34.9 Å². The van der Waals surface area contributed by atoms with Crippen LogP contribution < -0.4 is 5.32 Å². The van der Waals surface area contributed by atoms with E-state index in [-0.39, 0.29) is 0 Å². The number of carbonyl (C=O) groups is 1. The lowest BCUT2D eigenvalue weighted by Crippen LogP contribution is -2.38. The maximum Gasteiger partial charge on any atom is 0.320 e. The molecule has 1 atom stereocenters. The Labute approximate surface area is 113 Å². The molecule has 0 aliphatic rings. The van der Waals surface area contributed by atoms with Gasteiger partial charge in [-0.05, 0) is 43.0 Å². The van der Waals surface area contributed by atoms with E-state index in [1.807, 2.05) is 38.1 Å². The van der Waals surface area contributed by atoms with E-state index in [1.165, 1.54) is 0 Å². The van der Waals surface area contributed by atoms with Crippen molar-refractivity contribution in [2.24, 2.45) is 5.92 Å². The van der Waals surface area contributed by atoms with E-state index in [2.05, 4.69) is 5.32 Å². The lowest BCUT2D eigenvalue weighted by Gasteiger charge is -2.16. The van der Waals surface area contributed by atoms with E-state index < -0.39 is 12.0 Å². The highest BCUT2D eigenvalue weighted by atomic mass is 35.5. The minimum Gasteiger partial charge on any atom is -0.480 e. The fourth-order valence-corrected chi connectivity index (χ4v) is 1.91. The Hall–Kier alpha value is -1.06. The molecule has 0 bridgehead atoms. The average molecular weight is 270 g/mol. The molecule has 2 N–H and O–H groups in total. The summed E-state index contributed by atoms with van der Waals surface area (Å²) in [6.45, 7) is 4.71. The summed E-state index contributed by atoms with van der Waals surface area (Å²) in [6, 6.07) is 7.15. The first-order valence-corrected chi connectivity index (χ1v) is 6.57. The van der Waals surface area contributed by atoms with Gasteiger partial charge in [-0.25, -0.2) is 0 Å². The number of hydrogen-bond acceptors (Lipinski definition) is 2. The van der Waals surface area contributed by atoms with E-state index in [1.54, 1.807) is 0 Å². The lowest BCUT2D eigenvalue weighted by atomic mass is 10.0. The van der Waals surface area contributed by atoms with Crippen molar-refractivity contribution >= 4 is 17.6 Å². The van der Waals surface area contributed by atoms with Gasteiger partial charge in [0.25, 0.3) is 0 Å². The highest BCUT2D eigenvalue weighted by Crippen LogP contribution is 2.10. The summed E-state index contributed by atoms with van der Waals surface area (Å²) in [5.74, 6) is -0.408. The van der Waals surface area contributed by atoms with Crippen LogP contribution in [0.25, 0.3) is 0 Å². The standard InChI is InChI=1S/C14H20ClNO2/c1-10(2)9-13(14(17)18)16-8-7-11-3-5-12(15)6-4-11/h3-6,10,13,16H,7-9H2,1-2H3,(H,17,18)/t13-/m0/s1. The molecule has 18 heavy (non-hydrogen) atoms. The highest BCUT2D eigenvalue weighted by molar-refractivity contribution is 6.30. The zero-order valence-corrected chi connectivity index (χ0v) is 11.6. The molecule has 3 nitrogen and oxygen atoms in total. The Morgan fingerprint density at radius 3 is 2.44 bits per heavy atom. The first kappa shape index (κ1) is 15.0. The lowest BCUT2D eigenvalue weighted by molar-refractivity contribution is -0.139. The Kier molecular flexibility index (Phi) is 6.16. The summed E-state index contributed by atoms with van der Waals surface area (Å²) >= 11 is 5.80.